The summed E-state index contributed by atoms with van der Waals surface area (Å²) in [6.45, 7) is 5.12. The molecule has 24 heavy (non-hydrogen) atoms. The van der Waals surface area contributed by atoms with Crippen molar-refractivity contribution in [3.05, 3.63) is 18.0 Å². The Morgan fingerprint density at radius 3 is 2.75 bits per heavy atom. The molecule has 1 N–H and O–H groups in total. The number of thioether (sulfide) groups is 1. The predicted molar refractivity (Wildman–Crippen MR) is 92.2 cm³/mol. The monoisotopic (exact) mass is 354 g/mol. The predicted octanol–water partition coefficient (Wildman–Crippen LogP) is 1.67. The Morgan fingerprint density at radius 2 is 2.12 bits per heavy atom. The molecule has 2 rings (SSSR count). The van der Waals surface area contributed by atoms with Crippen molar-refractivity contribution in [3.63, 3.8) is 0 Å². The minimum absolute atomic E-state index is 0.00193. The van der Waals surface area contributed by atoms with E-state index >= 15 is 0 Å². The molecule has 0 spiro atoms. The maximum atomic E-state index is 11.7. The molecule has 0 unspecified atom stereocenters. The first-order valence-corrected chi connectivity index (χ1v) is 8.57. The zero-order chi connectivity index (χ0) is 17.6. The van der Waals surface area contributed by atoms with Gasteiger partial charge in [0.25, 0.3) is 0 Å². The van der Waals surface area contributed by atoms with Crippen molar-refractivity contribution in [2.75, 3.05) is 39.3 Å². The van der Waals surface area contributed by atoms with Crippen LogP contribution < -0.4 is 4.74 Å². The summed E-state index contributed by atoms with van der Waals surface area (Å²) in [5.74, 6) is 0.977. The van der Waals surface area contributed by atoms with Crippen molar-refractivity contribution in [1.29, 1.82) is 0 Å². The van der Waals surface area contributed by atoms with Gasteiger partial charge in [-0.2, -0.15) is 0 Å². The highest BCUT2D eigenvalue weighted by Gasteiger charge is 2.36. The molecule has 2 heterocycles. The van der Waals surface area contributed by atoms with Crippen LogP contribution >= 0.6 is 11.8 Å². The summed E-state index contributed by atoms with van der Waals surface area (Å²) < 4.78 is 15.6. The molecule has 0 radical (unpaired) electrons. The summed E-state index contributed by atoms with van der Waals surface area (Å²) in [6, 6.07) is 1.49. The molecule has 8 heteroatoms. The Morgan fingerprint density at radius 1 is 1.38 bits per heavy atom. The average molecular weight is 354 g/mol. The zero-order valence-corrected chi connectivity index (χ0v) is 14.9. The highest BCUT2D eigenvalue weighted by atomic mass is 32.2. The van der Waals surface area contributed by atoms with Crippen LogP contribution in [0.15, 0.2) is 17.3 Å². The highest BCUT2D eigenvalue weighted by molar-refractivity contribution is 8.14. The summed E-state index contributed by atoms with van der Waals surface area (Å²) in [5.41, 5.74) is -0.378. The second-order valence-corrected chi connectivity index (χ2v) is 6.49. The van der Waals surface area contributed by atoms with Crippen molar-refractivity contribution in [3.8, 4) is 11.5 Å². The van der Waals surface area contributed by atoms with Gasteiger partial charge in [-0.1, -0.05) is 0 Å². The van der Waals surface area contributed by atoms with E-state index in [1.54, 1.807) is 14.0 Å². The number of aromatic nitrogens is 1. The van der Waals surface area contributed by atoms with E-state index in [1.165, 1.54) is 30.9 Å². The quantitative estimate of drug-likeness (QED) is 0.675. The number of carbonyl (C=O) groups excluding carboxylic acids is 1. The van der Waals surface area contributed by atoms with E-state index in [1.807, 2.05) is 0 Å². The SMILES string of the molecule is COCCOCCOc1cnc(C2=N[C@@](C)(C(C)=O)CS2)c(O)c1. The van der Waals surface area contributed by atoms with Crippen molar-refractivity contribution in [2.24, 2.45) is 4.99 Å². The van der Waals surface area contributed by atoms with Crippen LogP contribution in [0.5, 0.6) is 11.5 Å². The summed E-state index contributed by atoms with van der Waals surface area (Å²) >= 11 is 1.41. The second kappa shape index (κ2) is 8.46. The third-order valence-corrected chi connectivity index (χ3v) is 4.83. The number of rotatable bonds is 9. The number of methoxy groups -OCH3 is 1. The minimum atomic E-state index is -0.747. The first-order valence-electron chi connectivity index (χ1n) is 7.59. The Labute approximate surface area is 145 Å². The number of nitrogens with zero attached hydrogens (tertiary/aromatic N) is 2. The Bertz CT molecular complexity index is 622. The normalized spacial score (nSPS) is 20.0. The van der Waals surface area contributed by atoms with Crippen LogP contribution in [0.4, 0.5) is 0 Å². The molecule has 132 valence electrons. The maximum absolute atomic E-state index is 11.7. The molecule has 0 fully saturated rings. The van der Waals surface area contributed by atoms with Gasteiger partial charge in [0.1, 0.15) is 34.4 Å². The van der Waals surface area contributed by atoms with Crippen molar-refractivity contribution in [1.82, 2.24) is 4.98 Å². The Hall–Kier alpha value is -1.64. The first kappa shape index (κ1) is 18.7. The van der Waals surface area contributed by atoms with Gasteiger partial charge < -0.3 is 19.3 Å². The van der Waals surface area contributed by atoms with Crippen LogP contribution in [0.25, 0.3) is 0 Å². The fourth-order valence-corrected chi connectivity index (χ4v) is 3.19. The molecular weight excluding hydrogens is 332 g/mol. The summed E-state index contributed by atoms with van der Waals surface area (Å²) in [4.78, 5) is 20.3. The maximum Gasteiger partial charge on any atom is 0.157 e. The van der Waals surface area contributed by atoms with Gasteiger partial charge in [-0.15, -0.1) is 11.8 Å². The molecule has 0 saturated heterocycles. The number of aromatic hydroxyl groups is 1. The summed E-state index contributed by atoms with van der Waals surface area (Å²) in [6.07, 6.45) is 1.52. The lowest BCUT2D eigenvalue weighted by Crippen LogP contribution is -2.31. The second-order valence-electron chi connectivity index (χ2n) is 5.53. The van der Waals surface area contributed by atoms with Crippen molar-refractivity contribution >= 4 is 22.6 Å². The number of carbonyl (C=O) groups is 1. The van der Waals surface area contributed by atoms with Gasteiger partial charge in [-0.3, -0.25) is 9.79 Å². The largest absolute Gasteiger partial charge is 0.505 e. The average Bonchev–Trinajstić information content (AvgIpc) is 2.94. The molecule has 1 aliphatic heterocycles. The molecule has 0 aromatic carbocycles. The van der Waals surface area contributed by atoms with Crippen LogP contribution in [0, 0.1) is 0 Å². The van der Waals surface area contributed by atoms with Crippen molar-refractivity contribution in [2.45, 2.75) is 19.4 Å². The van der Waals surface area contributed by atoms with E-state index in [9.17, 15) is 9.90 Å². The Kier molecular flexibility index (Phi) is 6.59. The van der Waals surface area contributed by atoms with Crippen LogP contribution in [-0.4, -0.2) is 65.7 Å². The molecule has 0 aliphatic carbocycles. The van der Waals surface area contributed by atoms with Gasteiger partial charge >= 0.3 is 0 Å². The van der Waals surface area contributed by atoms with E-state index < -0.39 is 5.54 Å². The zero-order valence-electron chi connectivity index (χ0n) is 14.1. The molecule has 0 saturated carbocycles. The topological polar surface area (TPSA) is 90.2 Å². The minimum Gasteiger partial charge on any atom is -0.505 e. The number of hydrogen-bond acceptors (Lipinski definition) is 8. The number of pyridine rings is 1. The molecule has 1 aromatic heterocycles. The number of hydrogen-bond donors (Lipinski definition) is 1. The van der Waals surface area contributed by atoms with Gasteiger partial charge in [0.15, 0.2) is 5.78 Å². The van der Waals surface area contributed by atoms with Crippen LogP contribution in [0.2, 0.25) is 0 Å². The third-order valence-electron chi connectivity index (χ3n) is 3.57. The molecular formula is C16H22N2O5S. The molecule has 0 bridgehead atoms. The van der Waals surface area contributed by atoms with Gasteiger partial charge in [-0.25, -0.2) is 4.98 Å². The van der Waals surface area contributed by atoms with E-state index in [-0.39, 0.29) is 11.5 Å². The molecule has 0 amide bonds. The number of ether oxygens (including phenoxy) is 3. The van der Waals surface area contributed by atoms with Gasteiger partial charge in [-0.05, 0) is 13.8 Å². The number of ketones is 1. The highest BCUT2D eigenvalue weighted by Crippen LogP contribution is 2.34. The van der Waals surface area contributed by atoms with Crippen molar-refractivity contribution < 1.29 is 24.1 Å². The fraction of sp³-hybridized carbons (Fsp3) is 0.562. The molecule has 1 aliphatic rings. The fourth-order valence-electron chi connectivity index (χ4n) is 1.94. The van der Waals surface area contributed by atoms with Crippen LogP contribution in [-0.2, 0) is 14.3 Å². The molecule has 1 atom stereocenters. The van der Waals surface area contributed by atoms with Gasteiger partial charge in [0, 0.05) is 18.9 Å². The lowest BCUT2D eigenvalue weighted by atomic mass is 10.0. The lowest BCUT2D eigenvalue weighted by Gasteiger charge is -2.14. The lowest BCUT2D eigenvalue weighted by molar-refractivity contribution is -0.120. The third kappa shape index (κ3) is 4.68. The van der Waals surface area contributed by atoms with E-state index in [4.69, 9.17) is 14.2 Å². The molecule has 7 nitrogen and oxygen atoms in total. The summed E-state index contributed by atoms with van der Waals surface area (Å²) in [5, 5.41) is 10.7. The smallest absolute Gasteiger partial charge is 0.157 e. The standard InChI is InChI=1S/C16H22N2O5S/c1-11(19)16(2)10-24-15(18-16)14-13(20)8-12(9-17-14)23-7-6-22-5-4-21-3/h8-9,20H,4-7,10H2,1-3H3/t16-/m1/s1. The summed E-state index contributed by atoms with van der Waals surface area (Å²) in [7, 11) is 1.61. The van der Waals surface area contributed by atoms with E-state index in [0.717, 1.165) is 0 Å². The number of aliphatic imine (C=N–C) groups is 1. The van der Waals surface area contributed by atoms with Crippen LogP contribution in [0.3, 0.4) is 0 Å². The number of Topliss-reactive ketones (excluding diaryl/α,β-unsaturated/α-hetero) is 1. The van der Waals surface area contributed by atoms with Crippen LogP contribution in [0.1, 0.15) is 19.5 Å². The van der Waals surface area contributed by atoms with E-state index in [2.05, 4.69) is 9.98 Å². The van der Waals surface area contributed by atoms with Gasteiger partial charge in [0.2, 0.25) is 0 Å². The first-order chi connectivity index (χ1) is 11.5. The van der Waals surface area contributed by atoms with E-state index in [0.29, 0.717) is 48.7 Å². The van der Waals surface area contributed by atoms with Gasteiger partial charge in [0.05, 0.1) is 26.0 Å². The Balaban J connectivity index is 1.94. The molecule has 1 aromatic rings.